The van der Waals surface area contributed by atoms with Crippen LogP contribution in [0.3, 0.4) is 0 Å². The number of anilines is 1. The number of benzene rings is 1. The first-order valence-electron chi connectivity index (χ1n) is 4.29. The number of phenolic OH excluding ortho intramolecular Hbond substituents is 1. The number of rotatable bonds is 3. The summed E-state index contributed by atoms with van der Waals surface area (Å²) in [4.78, 5) is 0. The molecule has 6 nitrogen and oxygen atoms in total. The smallest absolute Gasteiger partial charge is 0.350 e. The van der Waals surface area contributed by atoms with Gasteiger partial charge in [0.2, 0.25) is 0 Å². The number of nitrogens with one attached hydrogen (secondary N) is 1. The van der Waals surface area contributed by atoms with E-state index in [0.29, 0.717) is 0 Å². The van der Waals surface area contributed by atoms with Crippen LogP contribution in [-0.2, 0) is 19.9 Å². The number of hydrogen-bond acceptors (Lipinski definition) is 4. The molecule has 0 aliphatic carbocycles. The molecule has 0 aliphatic rings. The maximum absolute atomic E-state index is 11.4. The molecule has 0 saturated heterocycles. The summed E-state index contributed by atoms with van der Waals surface area (Å²) in [5, 5.41) is 9.15. The lowest BCUT2D eigenvalue weighted by Crippen LogP contribution is -2.11. The van der Waals surface area contributed by atoms with Crippen LogP contribution in [0.4, 0.5) is 5.69 Å². The van der Waals surface area contributed by atoms with Crippen molar-refractivity contribution in [3.8, 4) is 5.75 Å². The third-order valence-corrected chi connectivity index (χ3v) is 4.49. The molecule has 0 amide bonds. The Morgan fingerprint density at radius 3 is 2.35 bits per heavy atom. The van der Waals surface area contributed by atoms with Crippen molar-refractivity contribution in [1.82, 2.24) is 0 Å². The van der Waals surface area contributed by atoms with Gasteiger partial charge in [-0.05, 0) is 18.2 Å². The highest BCUT2D eigenvalue weighted by Crippen LogP contribution is 2.26. The summed E-state index contributed by atoms with van der Waals surface area (Å²) < 4.78 is 39.4. The Morgan fingerprint density at radius 2 is 1.88 bits per heavy atom. The lowest BCUT2D eigenvalue weighted by atomic mass is 10.3. The van der Waals surface area contributed by atoms with Crippen LogP contribution in [0.15, 0.2) is 22.0 Å². The van der Waals surface area contributed by atoms with Gasteiger partial charge in [-0.15, -0.1) is 0 Å². The van der Waals surface area contributed by atoms with E-state index in [1.807, 2.05) is 0 Å². The van der Waals surface area contributed by atoms with Gasteiger partial charge in [-0.2, -0.15) is 8.42 Å². The monoisotopic (exact) mass is 298 g/mol. The molecule has 1 rings (SSSR count). The Kier molecular flexibility index (Phi) is 3.90. The van der Waals surface area contributed by atoms with Crippen LogP contribution in [-0.4, -0.2) is 30.2 Å². The van der Waals surface area contributed by atoms with Crippen LogP contribution in [0.1, 0.15) is 0 Å². The van der Waals surface area contributed by atoms with E-state index < -0.39 is 19.9 Å². The number of aromatic hydroxyl groups is 1. The van der Waals surface area contributed by atoms with Crippen molar-refractivity contribution in [1.29, 1.82) is 0 Å². The molecule has 0 spiro atoms. The minimum Gasteiger partial charge on any atom is -0.506 e. The highest BCUT2D eigenvalue weighted by atomic mass is 35.5. The lowest BCUT2D eigenvalue weighted by Gasteiger charge is -2.05. The average molecular weight is 299 g/mol. The van der Waals surface area contributed by atoms with Crippen molar-refractivity contribution < 1.29 is 17.7 Å². The van der Waals surface area contributed by atoms with Crippen LogP contribution in [0.25, 0.3) is 0 Å². The number of halogens is 1. The molecule has 96 valence electrons. The normalized spacial score (nSPS) is 12.2. The fourth-order valence-corrected chi connectivity index (χ4v) is 3.62. The second-order valence-corrected chi connectivity index (χ2v) is 8.02. The van der Waals surface area contributed by atoms with Gasteiger partial charge in [-0.25, -0.2) is 4.21 Å². The van der Waals surface area contributed by atoms with E-state index >= 15 is 0 Å². The SMILES string of the molecule is CS(C)(=O)=NS(=O)(=O)Nc1ccc(O)c(Cl)c1. The van der Waals surface area contributed by atoms with E-state index in [4.69, 9.17) is 16.7 Å². The molecular weight excluding hydrogens is 288 g/mol. The molecule has 0 bridgehead atoms. The van der Waals surface area contributed by atoms with E-state index in [1.54, 1.807) is 0 Å². The summed E-state index contributed by atoms with van der Waals surface area (Å²) in [6.07, 6.45) is 2.41. The molecule has 0 heterocycles. The van der Waals surface area contributed by atoms with Crippen LogP contribution in [0.2, 0.25) is 5.02 Å². The Morgan fingerprint density at radius 1 is 1.29 bits per heavy atom. The van der Waals surface area contributed by atoms with Crippen molar-refractivity contribution in [2.75, 3.05) is 17.2 Å². The first kappa shape index (κ1) is 14.1. The van der Waals surface area contributed by atoms with Gasteiger partial charge in [0, 0.05) is 12.5 Å². The van der Waals surface area contributed by atoms with Gasteiger partial charge >= 0.3 is 10.2 Å². The van der Waals surface area contributed by atoms with E-state index in [-0.39, 0.29) is 16.5 Å². The number of nitrogens with zero attached hydrogens (tertiary/aromatic N) is 1. The average Bonchev–Trinajstić information content (AvgIpc) is 2.06. The third-order valence-electron chi connectivity index (χ3n) is 1.47. The van der Waals surface area contributed by atoms with E-state index in [1.165, 1.54) is 30.7 Å². The zero-order valence-electron chi connectivity index (χ0n) is 9.05. The Hall–Kier alpha value is -0.990. The molecule has 9 heteroatoms. The molecule has 1 aromatic rings. The van der Waals surface area contributed by atoms with Crippen molar-refractivity contribution >= 4 is 37.2 Å². The van der Waals surface area contributed by atoms with Crippen LogP contribution in [0, 0.1) is 0 Å². The van der Waals surface area contributed by atoms with Crippen LogP contribution in [0.5, 0.6) is 5.75 Å². The van der Waals surface area contributed by atoms with Crippen LogP contribution >= 0.6 is 11.6 Å². The first-order chi connectivity index (χ1) is 7.59. The summed E-state index contributed by atoms with van der Waals surface area (Å²) in [5.74, 6) is -0.165. The van der Waals surface area contributed by atoms with Crippen LogP contribution < -0.4 is 4.72 Å². The highest BCUT2D eigenvalue weighted by molar-refractivity contribution is 8.03. The zero-order chi connectivity index (χ0) is 13.3. The molecule has 0 aromatic heterocycles. The Balaban J connectivity index is 3.08. The van der Waals surface area contributed by atoms with Crippen molar-refractivity contribution in [3.63, 3.8) is 0 Å². The molecule has 0 unspecified atom stereocenters. The minimum absolute atomic E-state index is 0.000990. The van der Waals surface area contributed by atoms with Gasteiger partial charge in [0.1, 0.15) is 5.75 Å². The maximum Gasteiger partial charge on any atom is 0.350 e. The molecule has 0 radical (unpaired) electrons. The largest absolute Gasteiger partial charge is 0.506 e. The molecule has 0 fully saturated rings. The summed E-state index contributed by atoms with van der Waals surface area (Å²) in [6, 6.07) is 3.76. The number of hydrogen-bond donors (Lipinski definition) is 2. The van der Waals surface area contributed by atoms with Gasteiger partial charge in [0.05, 0.1) is 20.4 Å². The highest BCUT2D eigenvalue weighted by Gasteiger charge is 2.11. The van der Waals surface area contributed by atoms with Crippen molar-refractivity contribution in [3.05, 3.63) is 23.2 Å². The molecule has 0 atom stereocenters. The molecule has 17 heavy (non-hydrogen) atoms. The van der Waals surface area contributed by atoms with E-state index in [9.17, 15) is 12.6 Å². The van der Waals surface area contributed by atoms with Gasteiger partial charge < -0.3 is 5.11 Å². The second-order valence-electron chi connectivity index (χ2n) is 3.50. The topological polar surface area (TPSA) is 95.8 Å². The van der Waals surface area contributed by atoms with E-state index in [2.05, 4.69) is 8.49 Å². The zero-order valence-corrected chi connectivity index (χ0v) is 11.4. The first-order valence-corrected chi connectivity index (χ1v) is 8.44. The van der Waals surface area contributed by atoms with Gasteiger partial charge in [-0.3, -0.25) is 4.72 Å². The Labute approximate surface area is 105 Å². The lowest BCUT2D eigenvalue weighted by molar-refractivity contribution is 0.475. The van der Waals surface area contributed by atoms with Crippen molar-refractivity contribution in [2.24, 2.45) is 3.77 Å². The quantitative estimate of drug-likeness (QED) is 0.825. The van der Waals surface area contributed by atoms with Gasteiger partial charge in [0.15, 0.2) is 0 Å². The standard InChI is InChI=1S/C8H11ClN2O4S2/c1-16(2,13)11-17(14,15)10-6-3-4-8(12)7(9)5-6/h3-5,10,12H,1-2H3. The summed E-state index contributed by atoms with van der Waals surface area (Å²) >= 11 is 5.60. The van der Waals surface area contributed by atoms with Gasteiger partial charge in [-0.1, -0.05) is 15.4 Å². The molecule has 1 aromatic carbocycles. The van der Waals surface area contributed by atoms with E-state index in [0.717, 1.165) is 0 Å². The second kappa shape index (κ2) is 4.71. The fourth-order valence-electron chi connectivity index (χ4n) is 0.974. The summed E-state index contributed by atoms with van der Waals surface area (Å²) in [7, 11) is -6.84. The molecule has 0 saturated carbocycles. The third kappa shape index (κ3) is 4.80. The number of phenols is 1. The summed E-state index contributed by atoms with van der Waals surface area (Å²) in [5.41, 5.74) is 0.125. The fraction of sp³-hybridized carbons (Fsp3) is 0.250. The molecule has 2 N–H and O–H groups in total. The molecular formula is C8H11ClN2O4S2. The predicted octanol–water partition coefficient (Wildman–Crippen LogP) is 1.43. The minimum atomic E-state index is -4.06. The molecule has 0 aliphatic heterocycles. The summed E-state index contributed by atoms with van der Waals surface area (Å²) in [6.45, 7) is 0. The Bertz CT molecular complexity index is 639. The van der Waals surface area contributed by atoms with Gasteiger partial charge in [0.25, 0.3) is 0 Å². The maximum atomic E-state index is 11.4. The van der Waals surface area contributed by atoms with Crippen molar-refractivity contribution in [2.45, 2.75) is 0 Å². The predicted molar refractivity (Wildman–Crippen MR) is 68.1 cm³/mol.